The fourth-order valence-electron chi connectivity index (χ4n) is 3.50. The van der Waals surface area contributed by atoms with Gasteiger partial charge in [-0.1, -0.05) is 51.5 Å². The molecule has 0 saturated heterocycles. The zero-order valence-corrected chi connectivity index (χ0v) is 14.9. The Balaban J connectivity index is 2.25. The Bertz CT molecular complexity index is 815. The molecule has 0 atom stereocenters. The van der Waals surface area contributed by atoms with Crippen LogP contribution in [0.5, 0.6) is 0 Å². The maximum Gasteiger partial charge on any atom is 0.254 e. The van der Waals surface area contributed by atoms with Gasteiger partial charge in [-0.25, -0.2) is 9.13 Å². The molecule has 0 aliphatic heterocycles. The van der Waals surface area contributed by atoms with E-state index in [-0.39, 0.29) is 11.6 Å². The van der Waals surface area contributed by atoms with Crippen molar-refractivity contribution in [3.05, 3.63) is 52.6 Å². The van der Waals surface area contributed by atoms with Crippen LogP contribution >= 0.6 is 0 Å². The van der Waals surface area contributed by atoms with E-state index in [2.05, 4.69) is 25.3 Å². The summed E-state index contributed by atoms with van der Waals surface area (Å²) in [4.78, 5) is 26.2. The Kier molecular flexibility index (Phi) is 4.39. The number of nitrogens with zero attached hydrogens (tertiary/aromatic N) is 2. The van der Waals surface area contributed by atoms with Gasteiger partial charge in [-0.2, -0.15) is 0 Å². The molecule has 1 aromatic heterocycles. The second-order valence-corrected chi connectivity index (χ2v) is 6.96. The van der Waals surface area contributed by atoms with E-state index in [0.717, 1.165) is 31.8 Å². The van der Waals surface area contributed by atoms with E-state index >= 15 is 0 Å². The first-order valence-electron chi connectivity index (χ1n) is 8.78. The number of imidazole rings is 1. The topological polar surface area (TPSA) is 43.0 Å². The van der Waals surface area contributed by atoms with Crippen LogP contribution in [0.3, 0.4) is 0 Å². The predicted molar refractivity (Wildman–Crippen MR) is 92.4 cm³/mol. The van der Waals surface area contributed by atoms with Crippen molar-refractivity contribution in [1.82, 2.24) is 4.57 Å². The number of hydrogen-bond donors (Lipinski definition) is 0. The van der Waals surface area contributed by atoms with Crippen molar-refractivity contribution in [1.29, 1.82) is 0 Å². The van der Waals surface area contributed by atoms with Crippen LogP contribution < -0.4 is 4.57 Å². The molecule has 24 heavy (non-hydrogen) atoms. The van der Waals surface area contributed by atoms with Gasteiger partial charge in [0.2, 0.25) is 23.0 Å². The molecular formula is C20H25N2O2+. The van der Waals surface area contributed by atoms with Gasteiger partial charge in [-0.05, 0) is 12.3 Å². The summed E-state index contributed by atoms with van der Waals surface area (Å²) in [5.41, 5.74) is 2.20. The average Bonchev–Trinajstić information content (AvgIpc) is 2.83. The van der Waals surface area contributed by atoms with Gasteiger partial charge in [-0.15, -0.1) is 0 Å². The van der Waals surface area contributed by atoms with Crippen LogP contribution in [0.1, 0.15) is 71.5 Å². The van der Waals surface area contributed by atoms with E-state index in [1.807, 2.05) is 23.6 Å². The normalized spacial score (nSPS) is 13.4. The lowest BCUT2D eigenvalue weighted by atomic mass is 9.89. The first-order chi connectivity index (χ1) is 11.5. The van der Waals surface area contributed by atoms with E-state index in [4.69, 9.17) is 0 Å². The van der Waals surface area contributed by atoms with Gasteiger partial charge in [-0.3, -0.25) is 9.59 Å². The number of rotatable bonds is 5. The Morgan fingerprint density at radius 2 is 1.71 bits per heavy atom. The molecule has 1 aliphatic carbocycles. The van der Waals surface area contributed by atoms with Gasteiger partial charge in [0.05, 0.1) is 13.1 Å². The quantitative estimate of drug-likeness (QED) is 0.675. The first kappa shape index (κ1) is 16.6. The number of unbranched alkanes of at least 4 members (excludes halogenated alkanes) is 1. The van der Waals surface area contributed by atoms with Gasteiger partial charge >= 0.3 is 0 Å². The summed E-state index contributed by atoms with van der Waals surface area (Å²) in [5, 5.41) is 0. The molecule has 0 spiro atoms. The van der Waals surface area contributed by atoms with Gasteiger partial charge in [0.25, 0.3) is 5.82 Å². The Morgan fingerprint density at radius 1 is 1.08 bits per heavy atom. The van der Waals surface area contributed by atoms with Gasteiger partial charge in [0.15, 0.2) is 0 Å². The van der Waals surface area contributed by atoms with Crippen molar-refractivity contribution in [2.24, 2.45) is 5.92 Å². The third-order valence-corrected chi connectivity index (χ3v) is 4.67. The lowest BCUT2D eigenvalue weighted by Gasteiger charge is -2.13. The zero-order valence-electron chi connectivity index (χ0n) is 14.9. The molecule has 3 rings (SSSR count). The second-order valence-electron chi connectivity index (χ2n) is 6.96. The molecule has 1 heterocycles. The summed E-state index contributed by atoms with van der Waals surface area (Å²) in [5.74, 6) is 1.35. The van der Waals surface area contributed by atoms with E-state index < -0.39 is 0 Å². The molecule has 126 valence electrons. The van der Waals surface area contributed by atoms with Gasteiger partial charge in [0, 0.05) is 18.1 Å². The van der Waals surface area contributed by atoms with Crippen LogP contribution in [0.25, 0.3) is 0 Å². The minimum atomic E-state index is -0.0285. The van der Waals surface area contributed by atoms with Crippen LogP contribution in [0, 0.1) is 12.8 Å². The summed E-state index contributed by atoms with van der Waals surface area (Å²) in [6.45, 7) is 9.93. The highest BCUT2D eigenvalue weighted by atomic mass is 16.1. The molecule has 0 bridgehead atoms. The van der Waals surface area contributed by atoms with Crippen molar-refractivity contribution in [2.45, 2.75) is 53.6 Å². The molecule has 2 aromatic rings. The smallest absolute Gasteiger partial charge is 0.254 e. The van der Waals surface area contributed by atoms with Crippen molar-refractivity contribution in [3.8, 4) is 0 Å². The number of benzene rings is 1. The molecule has 0 amide bonds. The van der Waals surface area contributed by atoms with Crippen LogP contribution in [0.15, 0.2) is 24.3 Å². The highest BCUT2D eigenvalue weighted by Gasteiger charge is 2.42. The van der Waals surface area contributed by atoms with Crippen LogP contribution in [0.2, 0.25) is 0 Å². The Morgan fingerprint density at radius 3 is 2.29 bits per heavy atom. The molecule has 0 radical (unpaired) electrons. The molecule has 1 aliphatic rings. The second kappa shape index (κ2) is 6.34. The van der Waals surface area contributed by atoms with Crippen molar-refractivity contribution >= 4 is 11.6 Å². The van der Waals surface area contributed by atoms with Crippen LogP contribution in [-0.4, -0.2) is 16.1 Å². The number of carbonyl (C=O) groups excluding carboxylic acids is 2. The molecule has 0 saturated carbocycles. The summed E-state index contributed by atoms with van der Waals surface area (Å²) in [7, 11) is 0. The molecule has 0 unspecified atom stereocenters. The predicted octanol–water partition coefficient (Wildman–Crippen LogP) is 3.32. The summed E-state index contributed by atoms with van der Waals surface area (Å²) in [6.07, 6.45) is 2.04. The van der Waals surface area contributed by atoms with Crippen LogP contribution in [-0.2, 0) is 13.1 Å². The van der Waals surface area contributed by atoms with Gasteiger partial charge < -0.3 is 0 Å². The Hall–Kier alpha value is -2.23. The third kappa shape index (κ3) is 2.50. The number of hydrogen-bond acceptors (Lipinski definition) is 2. The fourth-order valence-corrected chi connectivity index (χ4v) is 3.50. The largest absolute Gasteiger partial charge is 0.284 e. The van der Waals surface area contributed by atoms with E-state index in [9.17, 15) is 9.59 Å². The van der Waals surface area contributed by atoms with Crippen molar-refractivity contribution < 1.29 is 14.2 Å². The number of carbonyl (C=O) groups is 2. The molecular weight excluding hydrogens is 300 g/mol. The summed E-state index contributed by atoms with van der Waals surface area (Å²) >= 11 is 0. The minimum absolute atomic E-state index is 0.0260. The molecule has 4 heteroatoms. The summed E-state index contributed by atoms with van der Waals surface area (Å²) < 4.78 is 4.10. The summed E-state index contributed by atoms with van der Waals surface area (Å²) in [6, 6.07) is 7.17. The average molecular weight is 325 g/mol. The number of ketones is 2. The SMILES string of the molecule is CCCCn1c2c([n+](CC(C)C)c1C)C(=O)c1ccccc1C2=O. The van der Waals surface area contributed by atoms with E-state index in [0.29, 0.717) is 28.4 Å². The Labute approximate surface area is 143 Å². The number of aromatic nitrogens is 2. The lowest BCUT2D eigenvalue weighted by Crippen LogP contribution is -2.44. The van der Waals surface area contributed by atoms with Crippen molar-refractivity contribution in [2.75, 3.05) is 0 Å². The lowest BCUT2D eigenvalue weighted by molar-refractivity contribution is -0.709. The fraction of sp³-hybridized carbons (Fsp3) is 0.450. The molecule has 0 fully saturated rings. The van der Waals surface area contributed by atoms with Gasteiger partial charge in [0.1, 0.15) is 0 Å². The molecule has 1 aromatic carbocycles. The number of fused-ring (bicyclic) bond motifs is 2. The maximum atomic E-state index is 13.1. The minimum Gasteiger partial charge on any atom is -0.284 e. The highest BCUT2D eigenvalue weighted by molar-refractivity contribution is 6.26. The van der Waals surface area contributed by atoms with E-state index in [1.165, 1.54) is 0 Å². The molecule has 0 N–H and O–H groups in total. The zero-order chi connectivity index (χ0) is 17.4. The standard InChI is InChI=1S/C20H25N2O2/c1-5-6-11-21-14(4)22(12-13(2)3)18-17(21)19(23)15-9-7-8-10-16(15)20(18)24/h7-10,13H,5-6,11-12H2,1-4H3/q+1. The van der Waals surface area contributed by atoms with Crippen molar-refractivity contribution in [3.63, 3.8) is 0 Å². The third-order valence-electron chi connectivity index (χ3n) is 4.67. The monoisotopic (exact) mass is 325 g/mol. The first-order valence-corrected chi connectivity index (χ1v) is 8.78. The highest BCUT2D eigenvalue weighted by Crippen LogP contribution is 2.27. The van der Waals surface area contributed by atoms with E-state index in [1.54, 1.807) is 12.1 Å². The van der Waals surface area contributed by atoms with Crippen LogP contribution in [0.4, 0.5) is 0 Å². The molecule has 4 nitrogen and oxygen atoms in total. The maximum absolute atomic E-state index is 13.1.